The predicted octanol–water partition coefficient (Wildman–Crippen LogP) is 4.98. The fourth-order valence-corrected chi connectivity index (χ4v) is 4.39. The Labute approximate surface area is 204 Å². The first-order valence-electron chi connectivity index (χ1n) is 11.4. The summed E-state index contributed by atoms with van der Waals surface area (Å²) >= 11 is 5.90. The lowest BCUT2D eigenvalue weighted by atomic mass is 9.87. The second-order valence-electron chi connectivity index (χ2n) is 8.52. The number of nitrogens with zero attached hydrogens (tertiary/aromatic N) is 1. The van der Waals surface area contributed by atoms with Gasteiger partial charge in [0.15, 0.2) is 0 Å². The number of amides is 2. The first-order chi connectivity index (χ1) is 16.5. The molecular formula is C27H28ClN3O3. The highest BCUT2D eigenvalue weighted by Gasteiger charge is 2.27. The zero-order valence-corrected chi connectivity index (χ0v) is 19.5. The molecule has 3 N–H and O–H groups in total. The third kappa shape index (κ3) is 6.23. The summed E-state index contributed by atoms with van der Waals surface area (Å²) in [7, 11) is 0. The van der Waals surface area contributed by atoms with E-state index in [-0.39, 0.29) is 24.3 Å². The Morgan fingerprint density at radius 2 is 1.56 bits per heavy atom. The molecule has 0 aromatic heterocycles. The first-order valence-corrected chi connectivity index (χ1v) is 11.8. The molecule has 0 aliphatic carbocycles. The van der Waals surface area contributed by atoms with Crippen LogP contribution in [0.4, 0.5) is 11.4 Å². The highest BCUT2D eigenvalue weighted by Crippen LogP contribution is 2.30. The molecular weight excluding hydrogens is 450 g/mol. The number of rotatable bonds is 7. The van der Waals surface area contributed by atoms with Crippen LogP contribution in [0.5, 0.6) is 0 Å². The number of carbonyl (C=O) groups is 2. The van der Waals surface area contributed by atoms with Crippen molar-refractivity contribution in [1.82, 2.24) is 4.90 Å². The Kier molecular flexibility index (Phi) is 7.95. The van der Waals surface area contributed by atoms with Crippen molar-refractivity contribution in [1.29, 1.82) is 0 Å². The maximum Gasteiger partial charge on any atom is 0.257 e. The number of aliphatic hydroxyl groups excluding tert-OH is 1. The zero-order valence-electron chi connectivity index (χ0n) is 18.8. The van der Waals surface area contributed by atoms with Crippen molar-refractivity contribution in [3.63, 3.8) is 0 Å². The molecule has 1 aliphatic rings. The van der Waals surface area contributed by atoms with E-state index >= 15 is 0 Å². The molecule has 34 heavy (non-hydrogen) atoms. The molecule has 3 aromatic carbocycles. The predicted molar refractivity (Wildman–Crippen MR) is 135 cm³/mol. The number of halogens is 1. The Balaban J connectivity index is 1.31. The number of para-hydroxylation sites is 1. The molecule has 7 heteroatoms. The Bertz CT molecular complexity index is 1110. The van der Waals surface area contributed by atoms with Crippen LogP contribution in [0.15, 0.2) is 78.9 Å². The molecule has 1 aliphatic heterocycles. The molecule has 0 saturated carbocycles. The molecule has 1 fully saturated rings. The number of carbonyl (C=O) groups excluding carboxylic acids is 2. The van der Waals surface area contributed by atoms with Crippen molar-refractivity contribution in [2.75, 3.05) is 30.3 Å². The van der Waals surface area contributed by atoms with Crippen LogP contribution >= 0.6 is 11.6 Å². The lowest BCUT2D eigenvalue weighted by Gasteiger charge is -2.34. The number of piperidine rings is 1. The normalized spacial score (nSPS) is 15.5. The van der Waals surface area contributed by atoms with E-state index in [1.165, 1.54) is 0 Å². The number of likely N-dealkylation sites (tertiary alicyclic amines) is 1. The van der Waals surface area contributed by atoms with E-state index in [1.54, 1.807) is 48.5 Å². The maximum atomic E-state index is 12.8. The lowest BCUT2D eigenvalue weighted by Crippen LogP contribution is -2.40. The summed E-state index contributed by atoms with van der Waals surface area (Å²) in [6.45, 7) is 1.71. The number of aliphatic hydroxyl groups is 1. The van der Waals surface area contributed by atoms with Crippen LogP contribution in [0, 0.1) is 5.92 Å². The first kappa shape index (κ1) is 24.0. The minimum Gasteiger partial charge on any atom is -0.388 e. The molecule has 3 aromatic rings. The smallest absolute Gasteiger partial charge is 0.257 e. The fraction of sp³-hybridized carbons (Fsp3) is 0.259. The van der Waals surface area contributed by atoms with Crippen molar-refractivity contribution in [3.05, 3.63) is 95.0 Å². The van der Waals surface area contributed by atoms with Crippen LogP contribution < -0.4 is 10.6 Å². The highest BCUT2D eigenvalue weighted by molar-refractivity contribution is 6.30. The number of benzene rings is 3. The van der Waals surface area contributed by atoms with Crippen molar-refractivity contribution < 1.29 is 14.7 Å². The van der Waals surface area contributed by atoms with Gasteiger partial charge in [-0.05, 0) is 73.8 Å². The summed E-state index contributed by atoms with van der Waals surface area (Å²) in [6.07, 6.45) is 1.16. The third-order valence-electron chi connectivity index (χ3n) is 6.13. The van der Waals surface area contributed by atoms with Crippen molar-refractivity contribution in [3.8, 4) is 0 Å². The fourth-order valence-electron chi connectivity index (χ4n) is 4.26. The van der Waals surface area contributed by atoms with E-state index in [1.807, 2.05) is 30.3 Å². The van der Waals surface area contributed by atoms with Gasteiger partial charge < -0.3 is 15.7 Å². The number of hydrogen-bond acceptors (Lipinski definition) is 4. The van der Waals surface area contributed by atoms with E-state index in [4.69, 9.17) is 11.6 Å². The molecule has 1 atom stereocenters. The quantitative estimate of drug-likeness (QED) is 0.448. The second kappa shape index (κ2) is 11.3. The molecule has 0 unspecified atom stereocenters. The van der Waals surface area contributed by atoms with E-state index in [9.17, 15) is 14.7 Å². The molecule has 2 amide bonds. The third-order valence-corrected chi connectivity index (χ3v) is 6.39. The van der Waals surface area contributed by atoms with Gasteiger partial charge in [0.25, 0.3) is 5.91 Å². The standard InChI is InChI=1S/C27H28ClN3O3/c28-21-10-12-22(13-11-21)29-27(34)23-8-4-5-9-24(23)30-25(32)18-31-16-14-20(15-17-31)26(33)19-6-2-1-3-7-19/h1-13,20,26,33H,14-18H2,(H,29,34)(H,30,32)/t26-/m0/s1. The molecule has 1 saturated heterocycles. The van der Waals surface area contributed by atoms with E-state index in [0.717, 1.165) is 31.5 Å². The van der Waals surface area contributed by atoms with Crippen LogP contribution in [0.3, 0.4) is 0 Å². The Morgan fingerprint density at radius 1 is 0.912 bits per heavy atom. The minimum absolute atomic E-state index is 0.172. The van der Waals surface area contributed by atoms with Crippen molar-refractivity contribution in [2.45, 2.75) is 18.9 Å². The van der Waals surface area contributed by atoms with Crippen LogP contribution in [-0.4, -0.2) is 41.5 Å². The van der Waals surface area contributed by atoms with Gasteiger partial charge in [-0.1, -0.05) is 54.1 Å². The molecule has 0 spiro atoms. The van der Waals surface area contributed by atoms with Gasteiger partial charge in [-0.3, -0.25) is 14.5 Å². The van der Waals surface area contributed by atoms with Gasteiger partial charge in [0.05, 0.1) is 23.9 Å². The van der Waals surface area contributed by atoms with E-state index in [2.05, 4.69) is 15.5 Å². The average molecular weight is 478 g/mol. The largest absolute Gasteiger partial charge is 0.388 e. The van der Waals surface area contributed by atoms with Crippen LogP contribution in [0.1, 0.15) is 34.9 Å². The zero-order chi connectivity index (χ0) is 23.9. The van der Waals surface area contributed by atoms with Gasteiger partial charge in [-0.25, -0.2) is 0 Å². The maximum absolute atomic E-state index is 12.8. The second-order valence-corrected chi connectivity index (χ2v) is 8.96. The molecule has 176 valence electrons. The summed E-state index contributed by atoms with van der Waals surface area (Å²) in [5.74, 6) is -0.304. The van der Waals surface area contributed by atoms with Crippen LogP contribution in [-0.2, 0) is 4.79 Å². The molecule has 1 heterocycles. The molecule has 0 bridgehead atoms. The van der Waals surface area contributed by atoms with Crippen molar-refractivity contribution >= 4 is 34.8 Å². The lowest BCUT2D eigenvalue weighted by molar-refractivity contribution is -0.117. The van der Waals surface area contributed by atoms with Gasteiger partial charge in [0, 0.05) is 10.7 Å². The monoisotopic (exact) mass is 477 g/mol. The average Bonchev–Trinajstić information content (AvgIpc) is 2.86. The van der Waals surface area contributed by atoms with Gasteiger partial charge in [-0.2, -0.15) is 0 Å². The highest BCUT2D eigenvalue weighted by atomic mass is 35.5. The van der Waals surface area contributed by atoms with E-state index in [0.29, 0.717) is 22.0 Å². The summed E-state index contributed by atoms with van der Waals surface area (Å²) in [6, 6.07) is 23.5. The topological polar surface area (TPSA) is 81.7 Å². The number of nitrogens with one attached hydrogen (secondary N) is 2. The minimum atomic E-state index is -0.483. The summed E-state index contributed by atoms with van der Waals surface area (Å²) in [4.78, 5) is 27.6. The molecule has 0 radical (unpaired) electrons. The Hall–Kier alpha value is -3.19. The summed E-state index contributed by atoms with van der Waals surface area (Å²) < 4.78 is 0. The molecule has 4 rings (SSSR count). The summed E-state index contributed by atoms with van der Waals surface area (Å²) in [5.41, 5.74) is 2.41. The van der Waals surface area contributed by atoms with Gasteiger partial charge in [-0.15, -0.1) is 0 Å². The Morgan fingerprint density at radius 3 is 2.26 bits per heavy atom. The summed E-state index contributed by atoms with van der Waals surface area (Å²) in [5, 5.41) is 17.0. The SMILES string of the molecule is O=C(CN1CCC([C@@H](O)c2ccccc2)CC1)Nc1ccccc1C(=O)Nc1ccc(Cl)cc1. The van der Waals surface area contributed by atoms with Crippen molar-refractivity contribution in [2.24, 2.45) is 5.92 Å². The number of hydrogen-bond donors (Lipinski definition) is 3. The van der Waals surface area contributed by atoms with Crippen LogP contribution in [0.25, 0.3) is 0 Å². The van der Waals surface area contributed by atoms with E-state index < -0.39 is 6.10 Å². The van der Waals surface area contributed by atoms with Gasteiger partial charge in [0.2, 0.25) is 5.91 Å². The van der Waals surface area contributed by atoms with Gasteiger partial charge >= 0.3 is 0 Å². The molecule has 6 nitrogen and oxygen atoms in total. The van der Waals surface area contributed by atoms with Gasteiger partial charge in [0.1, 0.15) is 0 Å². The number of anilines is 2. The van der Waals surface area contributed by atoms with Crippen LogP contribution in [0.2, 0.25) is 5.02 Å².